The predicted octanol–water partition coefficient (Wildman–Crippen LogP) is 3.47. The number of hydrogen-bond donors (Lipinski definition) is 0. The highest BCUT2D eigenvalue weighted by Crippen LogP contribution is 2.58. The summed E-state index contributed by atoms with van der Waals surface area (Å²) in [5.41, 5.74) is 0.109. The van der Waals surface area contributed by atoms with Crippen molar-refractivity contribution in [2.75, 3.05) is 7.11 Å². The third-order valence-electron chi connectivity index (χ3n) is 5.48. The van der Waals surface area contributed by atoms with Crippen molar-refractivity contribution in [3.8, 4) is 0 Å². The second kappa shape index (κ2) is 6.27. The zero-order valence-electron chi connectivity index (χ0n) is 13.3. The topological polar surface area (TPSA) is 52.6 Å². The molecule has 0 aromatic carbocycles. The van der Waals surface area contributed by atoms with Crippen LogP contribution in [0.3, 0.4) is 0 Å². The van der Waals surface area contributed by atoms with Crippen molar-refractivity contribution < 1.29 is 19.1 Å². The number of rotatable bonds is 3. The summed E-state index contributed by atoms with van der Waals surface area (Å²) < 4.78 is 10.5. The van der Waals surface area contributed by atoms with Crippen LogP contribution in [0.25, 0.3) is 0 Å². The molecule has 1 heterocycles. The number of alkyl halides is 2. The summed E-state index contributed by atoms with van der Waals surface area (Å²) in [5, 5.41) is 0. The second-order valence-electron chi connectivity index (χ2n) is 6.47. The molecule has 22 heavy (non-hydrogen) atoms. The summed E-state index contributed by atoms with van der Waals surface area (Å²) in [7, 11) is 1.35. The SMILES string of the molecule is C=C(C(=O)OC)[C@@H]1[C@H]2OC(=O)[C@@H](C)[C@@H]2[C@H](Br)[C@@H](Br)[C@@]1(C)CC. The lowest BCUT2D eigenvalue weighted by atomic mass is 9.58. The molecule has 7 atom stereocenters. The van der Waals surface area contributed by atoms with Crippen LogP contribution in [0.2, 0.25) is 0 Å². The molecule has 0 unspecified atom stereocenters. The first-order valence-corrected chi connectivity index (χ1v) is 9.29. The van der Waals surface area contributed by atoms with Crippen LogP contribution in [-0.4, -0.2) is 34.8 Å². The maximum Gasteiger partial charge on any atom is 0.333 e. The molecule has 1 aliphatic heterocycles. The van der Waals surface area contributed by atoms with Gasteiger partial charge in [0.25, 0.3) is 0 Å². The van der Waals surface area contributed by atoms with Crippen molar-refractivity contribution >= 4 is 43.8 Å². The zero-order chi connectivity index (χ0) is 16.8. The van der Waals surface area contributed by atoms with Gasteiger partial charge >= 0.3 is 11.9 Å². The van der Waals surface area contributed by atoms with E-state index in [0.29, 0.717) is 5.57 Å². The lowest BCUT2D eigenvalue weighted by Gasteiger charge is -2.52. The predicted molar refractivity (Wildman–Crippen MR) is 91.0 cm³/mol. The van der Waals surface area contributed by atoms with E-state index in [-0.39, 0.29) is 44.9 Å². The highest BCUT2D eigenvalue weighted by Gasteiger charge is 2.62. The maximum absolute atomic E-state index is 12.1. The molecule has 0 aromatic heterocycles. The Morgan fingerprint density at radius 1 is 1.45 bits per heavy atom. The molecule has 1 saturated carbocycles. The van der Waals surface area contributed by atoms with Gasteiger partial charge in [-0.15, -0.1) is 0 Å². The summed E-state index contributed by atoms with van der Waals surface area (Å²) in [6, 6.07) is 0. The van der Waals surface area contributed by atoms with Gasteiger partial charge in [-0.2, -0.15) is 0 Å². The summed E-state index contributed by atoms with van der Waals surface area (Å²) in [6.07, 6.45) is 0.470. The molecule has 0 bridgehead atoms. The molecule has 2 rings (SSSR count). The van der Waals surface area contributed by atoms with E-state index >= 15 is 0 Å². The number of halogens is 2. The Kier molecular flexibility index (Phi) is 5.12. The number of carbonyl (C=O) groups is 2. The van der Waals surface area contributed by atoms with Crippen molar-refractivity contribution in [3.63, 3.8) is 0 Å². The lowest BCUT2D eigenvalue weighted by Crippen LogP contribution is -2.57. The monoisotopic (exact) mass is 436 g/mol. The smallest absolute Gasteiger partial charge is 0.333 e. The van der Waals surface area contributed by atoms with Crippen molar-refractivity contribution in [3.05, 3.63) is 12.2 Å². The van der Waals surface area contributed by atoms with Gasteiger partial charge in [0.15, 0.2) is 0 Å². The van der Waals surface area contributed by atoms with Crippen LogP contribution in [0.15, 0.2) is 12.2 Å². The summed E-state index contributed by atoms with van der Waals surface area (Å²) >= 11 is 7.54. The van der Waals surface area contributed by atoms with Crippen LogP contribution in [0.1, 0.15) is 27.2 Å². The van der Waals surface area contributed by atoms with Crippen LogP contribution in [0.5, 0.6) is 0 Å². The summed E-state index contributed by atoms with van der Waals surface area (Å²) in [4.78, 5) is 24.3. The quantitative estimate of drug-likeness (QED) is 0.385. The van der Waals surface area contributed by atoms with E-state index in [1.807, 2.05) is 6.92 Å². The van der Waals surface area contributed by atoms with E-state index in [4.69, 9.17) is 9.47 Å². The van der Waals surface area contributed by atoms with Crippen molar-refractivity contribution in [1.29, 1.82) is 0 Å². The Morgan fingerprint density at radius 3 is 2.55 bits per heavy atom. The Balaban J connectivity index is 2.52. The molecule has 0 amide bonds. The van der Waals surface area contributed by atoms with Gasteiger partial charge in [-0.1, -0.05) is 59.2 Å². The van der Waals surface area contributed by atoms with Gasteiger partial charge in [-0.05, 0) is 11.8 Å². The normalized spacial score (nSPS) is 44.2. The number of hydrogen-bond acceptors (Lipinski definition) is 4. The largest absolute Gasteiger partial charge is 0.466 e. The fourth-order valence-corrected chi connectivity index (χ4v) is 6.21. The van der Waals surface area contributed by atoms with E-state index in [1.165, 1.54) is 7.11 Å². The van der Waals surface area contributed by atoms with Crippen molar-refractivity contribution in [2.45, 2.75) is 43.0 Å². The molecular formula is C16H22Br2O4. The Hall–Kier alpha value is -0.360. The van der Waals surface area contributed by atoms with Gasteiger partial charge in [-0.3, -0.25) is 4.79 Å². The zero-order valence-corrected chi connectivity index (χ0v) is 16.4. The molecule has 4 nitrogen and oxygen atoms in total. The molecule has 0 N–H and O–H groups in total. The number of esters is 2. The Labute approximate surface area is 148 Å². The van der Waals surface area contributed by atoms with Gasteiger partial charge in [0.2, 0.25) is 0 Å². The molecule has 0 radical (unpaired) electrons. The van der Waals surface area contributed by atoms with Gasteiger partial charge < -0.3 is 9.47 Å². The van der Waals surface area contributed by atoms with Crippen LogP contribution in [0, 0.1) is 23.2 Å². The van der Waals surface area contributed by atoms with E-state index in [1.54, 1.807) is 0 Å². The minimum Gasteiger partial charge on any atom is -0.466 e. The number of fused-ring (bicyclic) bond motifs is 1. The average Bonchev–Trinajstić information content (AvgIpc) is 2.79. The fraction of sp³-hybridized carbons (Fsp3) is 0.750. The first-order valence-electron chi connectivity index (χ1n) is 7.46. The molecular weight excluding hydrogens is 416 g/mol. The van der Waals surface area contributed by atoms with E-state index in [0.717, 1.165) is 6.42 Å². The molecule has 1 aliphatic carbocycles. The van der Waals surface area contributed by atoms with Gasteiger partial charge in [0.1, 0.15) is 6.10 Å². The number of ether oxygens (including phenoxy) is 2. The van der Waals surface area contributed by atoms with Gasteiger partial charge in [0, 0.05) is 27.1 Å². The summed E-state index contributed by atoms with van der Waals surface area (Å²) in [6.45, 7) is 10.0. The van der Waals surface area contributed by atoms with E-state index in [9.17, 15) is 9.59 Å². The summed E-state index contributed by atoms with van der Waals surface area (Å²) in [5.74, 6) is -1.11. The van der Waals surface area contributed by atoms with Crippen molar-refractivity contribution in [1.82, 2.24) is 0 Å². The molecule has 2 fully saturated rings. The molecule has 0 aromatic rings. The molecule has 2 aliphatic rings. The third kappa shape index (κ3) is 2.46. The standard InChI is InChI=1S/C16H22Br2O4/c1-6-16(4)10(8(3)14(19)21-5)12-9(11(17)13(16)18)7(2)15(20)22-12/h7,9-13H,3,6H2,1-2,4-5H3/t7-,9+,10+,11-,12-,13+,16-/m0/s1. The van der Waals surface area contributed by atoms with E-state index < -0.39 is 5.97 Å². The second-order valence-corrected chi connectivity index (χ2v) is 8.51. The molecule has 0 spiro atoms. The Morgan fingerprint density at radius 2 is 2.05 bits per heavy atom. The Bertz CT molecular complexity index is 506. The minimum atomic E-state index is -0.438. The van der Waals surface area contributed by atoms with Gasteiger partial charge in [-0.25, -0.2) is 4.79 Å². The van der Waals surface area contributed by atoms with Crippen LogP contribution < -0.4 is 0 Å². The fourth-order valence-electron chi connectivity index (χ4n) is 3.88. The minimum absolute atomic E-state index is 0.00269. The molecule has 6 heteroatoms. The molecule has 124 valence electrons. The highest BCUT2D eigenvalue weighted by atomic mass is 79.9. The van der Waals surface area contributed by atoms with Crippen LogP contribution >= 0.6 is 31.9 Å². The first kappa shape index (κ1) is 18.0. The van der Waals surface area contributed by atoms with Crippen molar-refractivity contribution in [2.24, 2.45) is 23.2 Å². The third-order valence-corrected chi connectivity index (χ3v) is 8.95. The lowest BCUT2D eigenvalue weighted by molar-refractivity contribution is -0.149. The van der Waals surface area contributed by atoms with Crippen LogP contribution in [0.4, 0.5) is 0 Å². The first-order chi connectivity index (χ1) is 10.2. The van der Waals surface area contributed by atoms with E-state index in [2.05, 4.69) is 52.3 Å². The number of carbonyl (C=O) groups excluding carboxylic acids is 2. The maximum atomic E-state index is 12.1. The van der Waals surface area contributed by atoms with Gasteiger partial charge in [0.05, 0.1) is 13.0 Å². The number of methoxy groups -OCH3 is 1. The molecule has 1 saturated heterocycles. The average molecular weight is 438 g/mol. The van der Waals surface area contributed by atoms with Crippen LogP contribution in [-0.2, 0) is 19.1 Å². The highest BCUT2D eigenvalue weighted by molar-refractivity contribution is 9.12.